The summed E-state index contributed by atoms with van der Waals surface area (Å²) >= 11 is 0. The maximum atomic E-state index is 10.7. The second kappa shape index (κ2) is 6.28. The second-order valence-electron chi connectivity index (χ2n) is 6.05. The number of nitrogens with zero attached hydrogens (tertiary/aromatic N) is 1. The smallest absolute Gasteiger partial charge is 0.151 e. The summed E-state index contributed by atoms with van der Waals surface area (Å²) < 4.78 is 6.02. The first-order valence-electron chi connectivity index (χ1n) is 8.05. The summed E-state index contributed by atoms with van der Waals surface area (Å²) in [7, 11) is 0. The molecular formula is C21H17NO2. The third-order valence-corrected chi connectivity index (χ3v) is 4.33. The lowest BCUT2D eigenvalue weighted by molar-refractivity contribution is 0.112. The van der Waals surface area contributed by atoms with E-state index < -0.39 is 0 Å². The summed E-state index contributed by atoms with van der Waals surface area (Å²) in [6.45, 7) is 0. The highest BCUT2D eigenvalue weighted by atomic mass is 16.5. The molecule has 0 N–H and O–H groups in total. The summed E-state index contributed by atoms with van der Waals surface area (Å²) in [6.07, 6.45) is 4.05. The van der Waals surface area contributed by atoms with Crippen molar-refractivity contribution in [1.82, 2.24) is 4.98 Å². The van der Waals surface area contributed by atoms with Gasteiger partial charge in [0.2, 0.25) is 0 Å². The van der Waals surface area contributed by atoms with Gasteiger partial charge in [-0.2, -0.15) is 0 Å². The molecule has 2 aromatic carbocycles. The van der Waals surface area contributed by atoms with Crippen LogP contribution in [0.4, 0.5) is 0 Å². The van der Waals surface area contributed by atoms with Crippen LogP contribution in [0.5, 0.6) is 5.75 Å². The molecule has 1 aliphatic heterocycles. The maximum Gasteiger partial charge on any atom is 0.151 e. The molecule has 0 fully saturated rings. The Bertz CT molecular complexity index is 857. The first-order chi connectivity index (χ1) is 11.8. The van der Waals surface area contributed by atoms with Crippen LogP contribution < -0.4 is 4.74 Å². The lowest BCUT2D eigenvalue weighted by Crippen LogP contribution is -2.05. The molecular weight excluding hydrogens is 298 g/mol. The lowest BCUT2D eigenvalue weighted by atomic mass is 10.0. The molecule has 1 atom stereocenters. The van der Waals surface area contributed by atoms with E-state index in [1.807, 2.05) is 18.2 Å². The molecule has 0 spiro atoms. The minimum absolute atomic E-state index is 0.0762. The number of aromatic nitrogens is 1. The van der Waals surface area contributed by atoms with Crippen molar-refractivity contribution in [3.05, 3.63) is 94.8 Å². The number of carbonyl (C=O) groups is 1. The molecule has 118 valence electrons. The lowest BCUT2D eigenvalue weighted by Gasteiger charge is -2.09. The van der Waals surface area contributed by atoms with Crippen molar-refractivity contribution >= 4 is 6.29 Å². The van der Waals surface area contributed by atoms with Crippen molar-refractivity contribution < 1.29 is 9.53 Å². The fourth-order valence-electron chi connectivity index (χ4n) is 3.09. The molecule has 3 aromatic rings. The van der Waals surface area contributed by atoms with Gasteiger partial charge in [-0.15, -0.1) is 0 Å². The fraction of sp³-hybridized carbons (Fsp3) is 0.143. The molecule has 0 amide bonds. The zero-order valence-electron chi connectivity index (χ0n) is 13.2. The SMILES string of the molecule is O=Cc1ccc(C2Cc3cc(Cc4ccccc4)ccc3O2)nc1. The Hall–Kier alpha value is -2.94. The normalized spacial score (nSPS) is 15.6. The van der Waals surface area contributed by atoms with Crippen LogP contribution in [-0.4, -0.2) is 11.3 Å². The van der Waals surface area contributed by atoms with Crippen molar-refractivity contribution in [3.63, 3.8) is 0 Å². The number of carbonyl (C=O) groups excluding carboxylic acids is 1. The minimum Gasteiger partial charge on any atom is -0.483 e. The first kappa shape index (κ1) is 14.6. The topological polar surface area (TPSA) is 39.2 Å². The van der Waals surface area contributed by atoms with Gasteiger partial charge < -0.3 is 4.74 Å². The van der Waals surface area contributed by atoms with Gasteiger partial charge in [0.15, 0.2) is 6.29 Å². The van der Waals surface area contributed by atoms with Crippen molar-refractivity contribution in [2.45, 2.75) is 18.9 Å². The Morgan fingerprint density at radius 1 is 1.04 bits per heavy atom. The number of pyridine rings is 1. The predicted molar refractivity (Wildman–Crippen MR) is 92.4 cm³/mol. The van der Waals surface area contributed by atoms with E-state index in [1.54, 1.807) is 12.3 Å². The predicted octanol–water partition coefficient (Wildman–Crippen LogP) is 4.16. The second-order valence-corrected chi connectivity index (χ2v) is 6.05. The average molecular weight is 315 g/mol. The van der Waals surface area contributed by atoms with Gasteiger partial charge in [0, 0.05) is 18.2 Å². The molecule has 1 aromatic heterocycles. The molecule has 0 saturated heterocycles. The van der Waals surface area contributed by atoms with Gasteiger partial charge in [-0.3, -0.25) is 9.78 Å². The third-order valence-electron chi connectivity index (χ3n) is 4.33. The molecule has 0 bridgehead atoms. The highest BCUT2D eigenvalue weighted by Gasteiger charge is 2.25. The van der Waals surface area contributed by atoms with Gasteiger partial charge in [-0.25, -0.2) is 0 Å². The Morgan fingerprint density at radius 3 is 2.67 bits per heavy atom. The van der Waals surface area contributed by atoms with Crippen LogP contribution in [0.2, 0.25) is 0 Å². The zero-order valence-corrected chi connectivity index (χ0v) is 13.2. The number of fused-ring (bicyclic) bond motifs is 1. The first-order valence-corrected chi connectivity index (χ1v) is 8.05. The molecule has 0 radical (unpaired) electrons. The van der Waals surface area contributed by atoms with Gasteiger partial charge in [0.25, 0.3) is 0 Å². The van der Waals surface area contributed by atoms with E-state index in [0.29, 0.717) is 5.56 Å². The van der Waals surface area contributed by atoms with E-state index in [-0.39, 0.29) is 6.10 Å². The van der Waals surface area contributed by atoms with Gasteiger partial charge in [0.1, 0.15) is 11.9 Å². The van der Waals surface area contributed by atoms with Crippen LogP contribution in [0.15, 0.2) is 66.9 Å². The van der Waals surface area contributed by atoms with Gasteiger partial charge in [-0.1, -0.05) is 42.5 Å². The van der Waals surface area contributed by atoms with Crippen LogP contribution in [-0.2, 0) is 12.8 Å². The third kappa shape index (κ3) is 2.93. The quantitative estimate of drug-likeness (QED) is 0.679. The fourth-order valence-corrected chi connectivity index (χ4v) is 3.09. The van der Waals surface area contributed by atoms with Crippen LogP contribution in [0, 0.1) is 0 Å². The van der Waals surface area contributed by atoms with Crippen LogP contribution in [0.25, 0.3) is 0 Å². The van der Waals surface area contributed by atoms with Gasteiger partial charge in [0.05, 0.1) is 5.69 Å². The minimum atomic E-state index is -0.0762. The van der Waals surface area contributed by atoms with E-state index >= 15 is 0 Å². The summed E-state index contributed by atoms with van der Waals surface area (Å²) in [6, 6.07) is 20.5. The Kier molecular flexibility index (Phi) is 3.83. The standard InChI is InChI=1S/C21H17NO2/c23-14-17-6-8-19(22-13-17)21-12-18-11-16(7-9-20(18)24-21)10-15-4-2-1-3-5-15/h1-9,11,13-14,21H,10,12H2. The number of hydrogen-bond donors (Lipinski definition) is 0. The van der Waals surface area contributed by atoms with E-state index in [0.717, 1.165) is 30.6 Å². The number of aldehydes is 1. The highest BCUT2D eigenvalue weighted by Crippen LogP contribution is 2.36. The van der Waals surface area contributed by atoms with Crippen molar-refractivity contribution in [2.75, 3.05) is 0 Å². The maximum absolute atomic E-state index is 10.7. The largest absolute Gasteiger partial charge is 0.483 e. The molecule has 24 heavy (non-hydrogen) atoms. The summed E-state index contributed by atoms with van der Waals surface area (Å²) in [4.78, 5) is 15.1. The summed E-state index contributed by atoms with van der Waals surface area (Å²) in [5.74, 6) is 0.929. The molecule has 1 aliphatic rings. The molecule has 0 aliphatic carbocycles. The van der Waals surface area contributed by atoms with E-state index in [9.17, 15) is 4.79 Å². The molecule has 3 heteroatoms. The number of rotatable bonds is 4. The van der Waals surface area contributed by atoms with Crippen LogP contribution in [0.1, 0.15) is 38.8 Å². The molecule has 1 unspecified atom stereocenters. The molecule has 3 nitrogen and oxygen atoms in total. The van der Waals surface area contributed by atoms with Crippen LogP contribution in [0.3, 0.4) is 0 Å². The highest BCUT2D eigenvalue weighted by molar-refractivity contribution is 5.73. The Morgan fingerprint density at radius 2 is 1.92 bits per heavy atom. The van der Waals surface area contributed by atoms with Crippen LogP contribution >= 0.6 is 0 Å². The number of benzene rings is 2. The Balaban J connectivity index is 1.52. The summed E-state index contributed by atoms with van der Waals surface area (Å²) in [5, 5.41) is 0. The summed E-state index contributed by atoms with van der Waals surface area (Å²) in [5.41, 5.74) is 5.25. The van der Waals surface area contributed by atoms with E-state index in [1.165, 1.54) is 16.7 Å². The van der Waals surface area contributed by atoms with Crippen molar-refractivity contribution in [1.29, 1.82) is 0 Å². The van der Waals surface area contributed by atoms with Crippen molar-refractivity contribution in [3.8, 4) is 5.75 Å². The van der Waals surface area contributed by atoms with Gasteiger partial charge in [-0.05, 0) is 41.3 Å². The van der Waals surface area contributed by atoms with Crippen molar-refractivity contribution in [2.24, 2.45) is 0 Å². The molecule has 4 rings (SSSR count). The van der Waals surface area contributed by atoms with E-state index in [2.05, 4.69) is 41.4 Å². The van der Waals surface area contributed by atoms with E-state index in [4.69, 9.17) is 4.74 Å². The average Bonchev–Trinajstić information content (AvgIpc) is 3.06. The molecule has 2 heterocycles. The zero-order chi connectivity index (χ0) is 16.4. The number of ether oxygens (including phenoxy) is 1. The monoisotopic (exact) mass is 315 g/mol. The number of hydrogen-bond acceptors (Lipinski definition) is 3. The molecule has 0 saturated carbocycles. The van der Waals surface area contributed by atoms with Gasteiger partial charge >= 0.3 is 0 Å². The Labute approximate surface area is 140 Å².